The summed E-state index contributed by atoms with van der Waals surface area (Å²) in [7, 11) is 0. The van der Waals surface area contributed by atoms with E-state index in [1.54, 1.807) is 18.5 Å². The summed E-state index contributed by atoms with van der Waals surface area (Å²) < 4.78 is 14.1. The predicted octanol–water partition coefficient (Wildman–Crippen LogP) is 4.61. The van der Waals surface area contributed by atoms with Gasteiger partial charge in [-0.3, -0.25) is 10.1 Å². The van der Waals surface area contributed by atoms with Gasteiger partial charge in [-0.1, -0.05) is 30.3 Å². The van der Waals surface area contributed by atoms with Crippen LogP contribution in [-0.4, -0.2) is 27.2 Å². The minimum absolute atomic E-state index is 0.0626. The highest BCUT2D eigenvalue weighted by Gasteiger charge is 2.14. The van der Waals surface area contributed by atoms with Crippen LogP contribution in [0.5, 0.6) is 5.75 Å². The quantitative estimate of drug-likeness (QED) is 0.301. The van der Waals surface area contributed by atoms with Crippen LogP contribution in [0.25, 0.3) is 11.0 Å². The van der Waals surface area contributed by atoms with Crippen LogP contribution >= 0.6 is 0 Å². The number of nitro benzene ring substituents is 1. The van der Waals surface area contributed by atoms with E-state index in [4.69, 9.17) is 9.47 Å². The van der Waals surface area contributed by atoms with Crippen molar-refractivity contribution in [2.45, 2.75) is 19.3 Å². The molecule has 1 aromatic heterocycles. The lowest BCUT2D eigenvalue weighted by Crippen LogP contribution is -2.27. The van der Waals surface area contributed by atoms with E-state index in [9.17, 15) is 10.1 Å². The third-order valence-electron chi connectivity index (χ3n) is 4.74. The highest BCUT2D eigenvalue weighted by atomic mass is 16.6. The lowest BCUT2D eigenvalue weighted by Gasteiger charge is -2.20. The average molecular weight is 403 g/mol. The Hall–Kier alpha value is -3.71. The SMILES string of the molecule is O=[N+]([O-])c1ccc(COC(COc2ccccc2)Cn2cnc3ccccc32)cc1. The molecule has 0 N–H and O–H groups in total. The van der Waals surface area contributed by atoms with Gasteiger partial charge in [0.1, 0.15) is 18.5 Å². The van der Waals surface area contributed by atoms with Gasteiger partial charge in [0, 0.05) is 12.1 Å². The molecular formula is C23H21N3O4. The van der Waals surface area contributed by atoms with Gasteiger partial charge in [-0.2, -0.15) is 0 Å². The summed E-state index contributed by atoms with van der Waals surface area (Å²) in [5, 5.41) is 10.8. The summed E-state index contributed by atoms with van der Waals surface area (Å²) in [4.78, 5) is 14.9. The van der Waals surface area contributed by atoms with Crippen molar-refractivity contribution in [2.24, 2.45) is 0 Å². The Bertz CT molecular complexity index is 1110. The predicted molar refractivity (Wildman–Crippen MR) is 113 cm³/mol. The summed E-state index contributed by atoms with van der Waals surface area (Å²) in [6.45, 7) is 1.26. The van der Waals surface area contributed by atoms with Crippen LogP contribution in [0.4, 0.5) is 5.69 Å². The molecule has 0 saturated heterocycles. The number of ether oxygens (including phenoxy) is 2. The summed E-state index contributed by atoms with van der Waals surface area (Å²) >= 11 is 0. The second kappa shape index (κ2) is 9.19. The van der Waals surface area contributed by atoms with Crippen LogP contribution in [0.15, 0.2) is 85.2 Å². The number of fused-ring (bicyclic) bond motifs is 1. The smallest absolute Gasteiger partial charge is 0.269 e. The van der Waals surface area contributed by atoms with Crippen LogP contribution in [0.2, 0.25) is 0 Å². The molecule has 30 heavy (non-hydrogen) atoms. The van der Waals surface area contributed by atoms with Gasteiger partial charge in [-0.05, 0) is 42.0 Å². The number of non-ortho nitro benzene ring substituents is 1. The van der Waals surface area contributed by atoms with E-state index in [1.165, 1.54) is 12.1 Å². The Kier molecular flexibility index (Phi) is 6.01. The maximum Gasteiger partial charge on any atom is 0.269 e. The van der Waals surface area contributed by atoms with E-state index in [2.05, 4.69) is 4.98 Å². The number of benzene rings is 3. The maximum absolute atomic E-state index is 10.8. The Morgan fingerprint density at radius 1 is 0.967 bits per heavy atom. The highest BCUT2D eigenvalue weighted by Crippen LogP contribution is 2.17. The van der Waals surface area contributed by atoms with Crippen LogP contribution < -0.4 is 4.74 Å². The molecule has 0 amide bonds. The van der Waals surface area contributed by atoms with E-state index < -0.39 is 4.92 Å². The lowest BCUT2D eigenvalue weighted by molar-refractivity contribution is -0.384. The van der Waals surface area contributed by atoms with Crippen molar-refractivity contribution in [1.29, 1.82) is 0 Å². The molecule has 4 rings (SSSR count). The zero-order valence-corrected chi connectivity index (χ0v) is 16.3. The first kappa shape index (κ1) is 19.6. The number of hydrogen-bond acceptors (Lipinski definition) is 5. The van der Waals surface area contributed by atoms with E-state index in [0.29, 0.717) is 19.8 Å². The van der Waals surface area contributed by atoms with Crippen molar-refractivity contribution < 1.29 is 14.4 Å². The van der Waals surface area contributed by atoms with Gasteiger partial charge in [0.2, 0.25) is 0 Å². The lowest BCUT2D eigenvalue weighted by atomic mass is 10.2. The normalized spacial score (nSPS) is 12.0. The Morgan fingerprint density at radius 3 is 2.47 bits per heavy atom. The largest absolute Gasteiger partial charge is 0.491 e. The molecule has 7 heteroatoms. The Morgan fingerprint density at radius 2 is 1.70 bits per heavy atom. The molecule has 0 aliphatic carbocycles. The van der Waals surface area contributed by atoms with Crippen LogP contribution in [0.1, 0.15) is 5.56 Å². The summed E-state index contributed by atoms with van der Waals surface area (Å²) in [6.07, 6.45) is 1.56. The molecule has 0 saturated carbocycles. The molecule has 1 atom stereocenters. The van der Waals surface area contributed by atoms with Gasteiger partial charge in [-0.25, -0.2) is 4.98 Å². The molecule has 1 heterocycles. The van der Waals surface area contributed by atoms with Gasteiger partial charge >= 0.3 is 0 Å². The van der Waals surface area contributed by atoms with Crippen LogP contribution in [-0.2, 0) is 17.9 Å². The molecular weight excluding hydrogens is 382 g/mol. The van der Waals surface area contributed by atoms with Crippen molar-refractivity contribution in [3.63, 3.8) is 0 Å². The Balaban J connectivity index is 1.46. The molecule has 0 aliphatic rings. The molecule has 7 nitrogen and oxygen atoms in total. The molecule has 4 aromatic rings. The number of hydrogen-bond donors (Lipinski definition) is 0. The van der Waals surface area contributed by atoms with Gasteiger partial charge in [0.05, 0.1) is 35.4 Å². The van der Waals surface area contributed by atoms with Crippen molar-refractivity contribution in [3.05, 3.63) is 101 Å². The van der Waals surface area contributed by atoms with Crippen LogP contribution in [0.3, 0.4) is 0 Å². The molecule has 3 aromatic carbocycles. The molecule has 0 bridgehead atoms. The van der Waals surface area contributed by atoms with E-state index in [-0.39, 0.29) is 11.8 Å². The van der Waals surface area contributed by atoms with E-state index in [1.807, 2.05) is 59.2 Å². The number of rotatable bonds is 9. The van der Waals surface area contributed by atoms with E-state index >= 15 is 0 Å². The summed E-state index contributed by atoms with van der Waals surface area (Å²) in [5.41, 5.74) is 2.88. The maximum atomic E-state index is 10.8. The molecule has 1 unspecified atom stereocenters. The van der Waals surface area contributed by atoms with E-state index in [0.717, 1.165) is 22.3 Å². The minimum Gasteiger partial charge on any atom is -0.491 e. The zero-order valence-electron chi connectivity index (χ0n) is 16.3. The first-order valence-corrected chi connectivity index (χ1v) is 9.62. The van der Waals surface area contributed by atoms with Gasteiger partial charge in [0.25, 0.3) is 5.69 Å². The molecule has 152 valence electrons. The van der Waals surface area contributed by atoms with Gasteiger partial charge in [-0.15, -0.1) is 0 Å². The first-order chi connectivity index (χ1) is 14.7. The molecule has 0 fully saturated rings. The van der Waals surface area contributed by atoms with Gasteiger partial charge in [0.15, 0.2) is 0 Å². The molecule has 0 radical (unpaired) electrons. The second-order valence-electron chi connectivity index (χ2n) is 6.87. The van der Waals surface area contributed by atoms with Crippen molar-refractivity contribution in [2.75, 3.05) is 6.61 Å². The average Bonchev–Trinajstić information content (AvgIpc) is 3.19. The van der Waals surface area contributed by atoms with Crippen molar-refractivity contribution in [1.82, 2.24) is 9.55 Å². The number of imidazole rings is 1. The number of nitrogens with zero attached hydrogens (tertiary/aromatic N) is 3. The fourth-order valence-corrected chi connectivity index (χ4v) is 3.16. The van der Waals surface area contributed by atoms with Crippen molar-refractivity contribution in [3.8, 4) is 5.75 Å². The summed E-state index contributed by atoms with van der Waals surface area (Å²) in [6, 6.07) is 23.9. The minimum atomic E-state index is -0.411. The number of aromatic nitrogens is 2. The third kappa shape index (κ3) is 4.82. The molecule has 0 spiro atoms. The number of nitro groups is 1. The van der Waals surface area contributed by atoms with Crippen molar-refractivity contribution >= 4 is 16.7 Å². The summed E-state index contributed by atoms with van der Waals surface area (Å²) in [5.74, 6) is 0.775. The monoisotopic (exact) mass is 403 g/mol. The topological polar surface area (TPSA) is 79.4 Å². The first-order valence-electron chi connectivity index (χ1n) is 9.62. The third-order valence-corrected chi connectivity index (χ3v) is 4.74. The second-order valence-corrected chi connectivity index (χ2v) is 6.87. The zero-order chi connectivity index (χ0) is 20.8. The number of para-hydroxylation sites is 3. The Labute approximate surface area is 173 Å². The highest BCUT2D eigenvalue weighted by molar-refractivity contribution is 5.74. The van der Waals surface area contributed by atoms with Crippen LogP contribution in [0, 0.1) is 10.1 Å². The van der Waals surface area contributed by atoms with Gasteiger partial charge < -0.3 is 14.0 Å². The fraction of sp³-hybridized carbons (Fsp3) is 0.174. The fourth-order valence-electron chi connectivity index (χ4n) is 3.16. The molecule has 0 aliphatic heterocycles. The standard InChI is InChI=1S/C23H21N3O4/c27-26(28)19-12-10-18(11-13-19)15-29-21(16-30-20-6-2-1-3-7-20)14-25-17-24-22-8-4-5-9-23(22)25/h1-13,17,21H,14-16H2.